The average molecular weight is 395 g/mol. The fraction of sp³-hybridized carbons (Fsp3) is 0.409. The SMILES string of the molecule is O=C(O)C1CCN(c2nc(CC3CC3)cnc2-c2cc(F)c3occc3c2)CC1. The first-order valence-electron chi connectivity index (χ1n) is 10.1. The third kappa shape index (κ3) is 3.57. The fourth-order valence-electron chi connectivity index (χ4n) is 4.07. The lowest BCUT2D eigenvalue weighted by atomic mass is 9.96. The molecule has 0 atom stereocenters. The summed E-state index contributed by atoms with van der Waals surface area (Å²) in [6.07, 6.45) is 7.76. The zero-order valence-electron chi connectivity index (χ0n) is 16.0. The molecule has 1 aromatic carbocycles. The Labute approximate surface area is 167 Å². The lowest BCUT2D eigenvalue weighted by Crippen LogP contribution is -2.37. The summed E-state index contributed by atoms with van der Waals surface area (Å²) >= 11 is 0. The fourth-order valence-corrected chi connectivity index (χ4v) is 4.07. The topological polar surface area (TPSA) is 79.5 Å². The summed E-state index contributed by atoms with van der Waals surface area (Å²) in [4.78, 5) is 23.0. The third-order valence-electron chi connectivity index (χ3n) is 5.92. The quantitative estimate of drug-likeness (QED) is 0.695. The van der Waals surface area contributed by atoms with Crippen LogP contribution in [0.5, 0.6) is 0 Å². The molecule has 0 unspecified atom stereocenters. The highest BCUT2D eigenvalue weighted by Crippen LogP contribution is 2.36. The Balaban J connectivity index is 1.54. The number of hydrogen-bond donors (Lipinski definition) is 1. The molecule has 7 heteroatoms. The number of carboxylic acid groups (broad SMARTS) is 1. The van der Waals surface area contributed by atoms with Gasteiger partial charge in [-0.15, -0.1) is 0 Å². The second kappa shape index (κ2) is 7.13. The van der Waals surface area contributed by atoms with Gasteiger partial charge in [-0.1, -0.05) is 0 Å². The van der Waals surface area contributed by atoms with Crippen molar-refractivity contribution in [2.75, 3.05) is 18.0 Å². The van der Waals surface area contributed by atoms with E-state index in [1.54, 1.807) is 12.3 Å². The molecule has 2 fully saturated rings. The van der Waals surface area contributed by atoms with Gasteiger partial charge >= 0.3 is 5.97 Å². The molecule has 0 amide bonds. The highest BCUT2D eigenvalue weighted by molar-refractivity contribution is 5.85. The van der Waals surface area contributed by atoms with E-state index in [-0.39, 0.29) is 11.5 Å². The zero-order valence-corrected chi connectivity index (χ0v) is 16.0. The number of carbonyl (C=O) groups is 1. The molecule has 3 heterocycles. The molecule has 1 N–H and O–H groups in total. The number of furan rings is 1. The molecular formula is C22H22FN3O3. The summed E-state index contributed by atoms with van der Waals surface area (Å²) in [7, 11) is 0. The van der Waals surface area contributed by atoms with E-state index in [0.29, 0.717) is 54.3 Å². The molecule has 1 saturated carbocycles. The van der Waals surface area contributed by atoms with Gasteiger partial charge in [-0.05, 0) is 56.2 Å². The maximum absolute atomic E-state index is 14.5. The van der Waals surface area contributed by atoms with Crippen molar-refractivity contribution in [1.29, 1.82) is 0 Å². The Hall–Kier alpha value is -2.96. The Bertz CT molecular complexity index is 1070. The number of aliphatic carboxylic acids is 1. The number of benzene rings is 1. The van der Waals surface area contributed by atoms with E-state index < -0.39 is 11.8 Å². The Morgan fingerprint density at radius 2 is 2.03 bits per heavy atom. The Morgan fingerprint density at radius 1 is 1.24 bits per heavy atom. The second-order valence-electron chi connectivity index (χ2n) is 8.08. The van der Waals surface area contributed by atoms with E-state index in [4.69, 9.17) is 9.40 Å². The van der Waals surface area contributed by atoms with E-state index in [9.17, 15) is 14.3 Å². The number of anilines is 1. The minimum Gasteiger partial charge on any atom is -0.481 e. The molecule has 5 rings (SSSR count). The van der Waals surface area contributed by atoms with Gasteiger partial charge in [-0.2, -0.15) is 0 Å². The van der Waals surface area contributed by atoms with Crippen molar-refractivity contribution >= 4 is 22.8 Å². The number of carboxylic acids is 1. The molecule has 1 saturated heterocycles. The average Bonchev–Trinajstić information content (AvgIpc) is 3.40. The van der Waals surface area contributed by atoms with Crippen molar-refractivity contribution in [2.24, 2.45) is 11.8 Å². The van der Waals surface area contributed by atoms with Crippen LogP contribution in [0.2, 0.25) is 0 Å². The highest BCUT2D eigenvalue weighted by atomic mass is 19.1. The van der Waals surface area contributed by atoms with Crippen molar-refractivity contribution in [2.45, 2.75) is 32.1 Å². The van der Waals surface area contributed by atoms with Crippen molar-refractivity contribution in [3.8, 4) is 11.3 Å². The lowest BCUT2D eigenvalue weighted by Gasteiger charge is -2.32. The van der Waals surface area contributed by atoms with Crippen LogP contribution in [0.3, 0.4) is 0 Å². The largest absolute Gasteiger partial charge is 0.481 e. The number of nitrogens with zero attached hydrogens (tertiary/aromatic N) is 3. The summed E-state index contributed by atoms with van der Waals surface area (Å²) < 4.78 is 19.7. The molecule has 150 valence electrons. The predicted molar refractivity (Wildman–Crippen MR) is 106 cm³/mol. The Morgan fingerprint density at radius 3 is 2.76 bits per heavy atom. The van der Waals surface area contributed by atoms with Gasteiger partial charge < -0.3 is 14.4 Å². The van der Waals surface area contributed by atoms with E-state index in [0.717, 1.165) is 12.1 Å². The molecule has 2 aromatic heterocycles. The van der Waals surface area contributed by atoms with Gasteiger partial charge in [0.1, 0.15) is 5.69 Å². The summed E-state index contributed by atoms with van der Waals surface area (Å²) in [5.74, 6) is -0.0976. The van der Waals surface area contributed by atoms with Crippen LogP contribution in [0.15, 0.2) is 35.1 Å². The van der Waals surface area contributed by atoms with Gasteiger partial charge in [-0.25, -0.2) is 9.37 Å². The molecule has 1 aliphatic carbocycles. The zero-order chi connectivity index (χ0) is 20.0. The van der Waals surface area contributed by atoms with Crippen molar-refractivity contribution < 1.29 is 18.7 Å². The van der Waals surface area contributed by atoms with Crippen LogP contribution in [0, 0.1) is 17.7 Å². The monoisotopic (exact) mass is 395 g/mol. The minimum absolute atomic E-state index is 0.232. The molecule has 2 aliphatic rings. The standard InChI is InChI=1S/C22H22FN3O3/c23-18-11-16(10-15-5-8-29-20(15)18)19-21(25-17(12-24-19)9-13-1-2-13)26-6-3-14(4-7-26)22(27)28/h5,8,10-14H,1-4,6-7,9H2,(H,27,28). The smallest absolute Gasteiger partial charge is 0.306 e. The molecule has 0 spiro atoms. The maximum Gasteiger partial charge on any atom is 0.306 e. The van der Waals surface area contributed by atoms with Crippen molar-refractivity contribution in [3.63, 3.8) is 0 Å². The molecule has 0 radical (unpaired) electrons. The van der Waals surface area contributed by atoms with E-state index >= 15 is 0 Å². The molecule has 29 heavy (non-hydrogen) atoms. The van der Waals surface area contributed by atoms with Crippen molar-refractivity contribution in [1.82, 2.24) is 9.97 Å². The van der Waals surface area contributed by atoms with Crippen LogP contribution in [0.25, 0.3) is 22.2 Å². The number of halogens is 1. The van der Waals surface area contributed by atoms with Crippen LogP contribution < -0.4 is 4.90 Å². The second-order valence-corrected chi connectivity index (χ2v) is 8.08. The number of rotatable bonds is 5. The van der Waals surface area contributed by atoms with E-state index in [2.05, 4.69) is 9.88 Å². The summed E-state index contributed by atoms with van der Waals surface area (Å²) in [6, 6.07) is 5.03. The van der Waals surface area contributed by atoms with Crippen LogP contribution in [-0.4, -0.2) is 34.1 Å². The maximum atomic E-state index is 14.5. The van der Waals surface area contributed by atoms with Crippen LogP contribution >= 0.6 is 0 Å². The van der Waals surface area contributed by atoms with Gasteiger partial charge in [0.2, 0.25) is 0 Å². The van der Waals surface area contributed by atoms with Gasteiger partial charge in [-0.3, -0.25) is 9.78 Å². The molecule has 6 nitrogen and oxygen atoms in total. The molecule has 0 bridgehead atoms. The van der Waals surface area contributed by atoms with Gasteiger partial charge in [0.25, 0.3) is 0 Å². The van der Waals surface area contributed by atoms with E-state index in [1.807, 2.05) is 6.07 Å². The highest BCUT2D eigenvalue weighted by Gasteiger charge is 2.28. The van der Waals surface area contributed by atoms with Crippen molar-refractivity contribution in [3.05, 3.63) is 42.2 Å². The normalized spacial score (nSPS) is 17.8. The molecule has 3 aromatic rings. The molecular weight excluding hydrogens is 373 g/mol. The number of piperidine rings is 1. The number of fused-ring (bicyclic) bond motifs is 1. The first kappa shape index (κ1) is 18.1. The summed E-state index contributed by atoms with van der Waals surface area (Å²) in [5, 5.41) is 9.97. The van der Waals surface area contributed by atoms with Crippen LogP contribution in [0.4, 0.5) is 10.2 Å². The summed E-state index contributed by atoms with van der Waals surface area (Å²) in [6.45, 7) is 1.20. The first-order chi connectivity index (χ1) is 14.1. The first-order valence-corrected chi connectivity index (χ1v) is 10.1. The minimum atomic E-state index is -0.745. The van der Waals surface area contributed by atoms with Gasteiger partial charge in [0, 0.05) is 30.2 Å². The van der Waals surface area contributed by atoms with Crippen LogP contribution in [0.1, 0.15) is 31.4 Å². The lowest BCUT2D eigenvalue weighted by molar-refractivity contribution is -0.142. The third-order valence-corrected chi connectivity index (χ3v) is 5.92. The number of aromatic nitrogens is 2. The summed E-state index contributed by atoms with van der Waals surface area (Å²) in [5.41, 5.74) is 2.45. The van der Waals surface area contributed by atoms with Gasteiger partial charge in [0.05, 0.1) is 17.9 Å². The molecule has 1 aliphatic heterocycles. The van der Waals surface area contributed by atoms with Gasteiger partial charge in [0.15, 0.2) is 17.2 Å². The number of hydrogen-bond acceptors (Lipinski definition) is 5. The van der Waals surface area contributed by atoms with E-state index in [1.165, 1.54) is 25.2 Å². The van der Waals surface area contributed by atoms with Crippen LogP contribution in [-0.2, 0) is 11.2 Å². The predicted octanol–water partition coefficient (Wildman–Crippen LogP) is 4.28. The Kier molecular flexibility index (Phi) is 4.45.